The van der Waals surface area contributed by atoms with Gasteiger partial charge in [-0.3, -0.25) is 4.79 Å². The van der Waals surface area contributed by atoms with Crippen LogP contribution < -0.4 is 4.74 Å². The molecule has 0 bridgehead atoms. The molecule has 108 valence electrons. The third-order valence-corrected chi connectivity index (χ3v) is 4.93. The van der Waals surface area contributed by atoms with Gasteiger partial charge in [0.15, 0.2) is 5.78 Å². The highest BCUT2D eigenvalue weighted by Crippen LogP contribution is 2.49. The minimum atomic E-state index is -0.164. The zero-order chi connectivity index (χ0) is 15.1. The van der Waals surface area contributed by atoms with Gasteiger partial charge in [-0.15, -0.1) is 0 Å². The smallest absolute Gasteiger partial charge is 0.168 e. The number of methoxy groups -OCH3 is 1. The van der Waals surface area contributed by atoms with Gasteiger partial charge in [0, 0.05) is 17.4 Å². The monoisotopic (exact) mass is 320 g/mol. The van der Waals surface area contributed by atoms with Crippen LogP contribution in [0.4, 0.5) is 0 Å². The molecule has 0 heterocycles. The summed E-state index contributed by atoms with van der Waals surface area (Å²) in [5, 5.41) is 0.591. The number of rotatable bonds is 2. The molecule has 0 radical (unpaired) electrons. The molecule has 2 atom stereocenters. The molecular formula is C17H14Cl2O2. The van der Waals surface area contributed by atoms with Crippen LogP contribution in [0.15, 0.2) is 36.4 Å². The molecule has 0 amide bonds. The van der Waals surface area contributed by atoms with Crippen LogP contribution in [0.5, 0.6) is 5.75 Å². The third kappa shape index (κ3) is 2.14. The lowest BCUT2D eigenvalue weighted by Gasteiger charge is -2.17. The average molecular weight is 321 g/mol. The van der Waals surface area contributed by atoms with E-state index in [4.69, 9.17) is 27.9 Å². The maximum absolute atomic E-state index is 12.6. The first-order valence-electron chi connectivity index (χ1n) is 6.71. The van der Waals surface area contributed by atoms with Crippen molar-refractivity contribution in [3.63, 3.8) is 0 Å². The number of fused-ring (bicyclic) bond motifs is 1. The van der Waals surface area contributed by atoms with Crippen molar-refractivity contribution < 1.29 is 9.53 Å². The molecule has 0 saturated carbocycles. The Labute approximate surface area is 133 Å². The molecule has 2 aromatic carbocycles. The number of hydrogen-bond acceptors (Lipinski definition) is 2. The second-order valence-electron chi connectivity index (χ2n) is 5.21. The molecule has 4 heteroatoms. The van der Waals surface area contributed by atoms with E-state index >= 15 is 0 Å². The number of ether oxygens (including phenoxy) is 1. The lowest BCUT2D eigenvalue weighted by molar-refractivity contribution is 0.0939. The Morgan fingerprint density at radius 1 is 1.10 bits per heavy atom. The van der Waals surface area contributed by atoms with Crippen LogP contribution >= 0.6 is 23.2 Å². The summed E-state index contributed by atoms with van der Waals surface area (Å²) < 4.78 is 5.28. The van der Waals surface area contributed by atoms with E-state index in [1.807, 2.05) is 43.3 Å². The SMILES string of the molecule is COc1cc2c(c(Cl)c1Cl)C(=O)C(C)C2c1ccccc1. The predicted octanol–water partition coefficient (Wildman–Crippen LogP) is 4.97. The van der Waals surface area contributed by atoms with E-state index < -0.39 is 0 Å². The Balaban J connectivity index is 2.25. The van der Waals surface area contributed by atoms with E-state index in [0.717, 1.165) is 11.1 Å². The van der Waals surface area contributed by atoms with E-state index in [1.165, 1.54) is 0 Å². The Morgan fingerprint density at radius 2 is 1.76 bits per heavy atom. The van der Waals surface area contributed by atoms with E-state index in [0.29, 0.717) is 21.4 Å². The molecule has 2 nitrogen and oxygen atoms in total. The molecule has 0 aliphatic heterocycles. The van der Waals surface area contributed by atoms with Gasteiger partial charge in [-0.2, -0.15) is 0 Å². The van der Waals surface area contributed by atoms with Gasteiger partial charge in [-0.05, 0) is 17.2 Å². The van der Waals surface area contributed by atoms with Crippen molar-refractivity contribution >= 4 is 29.0 Å². The zero-order valence-corrected chi connectivity index (χ0v) is 13.2. The Bertz CT molecular complexity index is 710. The predicted molar refractivity (Wildman–Crippen MR) is 84.8 cm³/mol. The van der Waals surface area contributed by atoms with Crippen molar-refractivity contribution in [2.24, 2.45) is 5.92 Å². The molecule has 1 aliphatic carbocycles. The van der Waals surface area contributed by atoms with Crippen molar-refractivity contribution in [2.75, 3.05) is 7.11 Å². The van der Waals surface area contributed by atoms with Gasteiger partial charge in [-0.25, -0.2) is 0 Å². The second-order valence-corrected chi connectivity index (χ2v) is 5.97. The molecule has 2 aromatic rings. The molecule has 2 unspecified atom stereocenters. The Morgan fingerprint density at radius 3 is 2.38 bits per heavy atom. The Hall–Kier alpha value is -1.51. The minimum Gasteiger partial charge on any atom is -0.495 e. The summed E-state index contributed by atoms with van der Waals surface area (Å²) in [4.78, 5) is 12.6. The van der Waals surface area contributed by atoms with Crippen LogP contribution in [-0.4, -0.2) is 12.9 Å². The van der Waals surface area contributed by atoms with Gasteiger partial charge in [0.1, 0.15) is 10.8 Å². The highest BCUT2D eigenvalue weighted by Gasteiger charge is 2.40. The van der Waals surface area contributed by atoms with E-state index in [2.05, 4.69) is 0 Å². The van der Waals surface area contributed by atoms with Crippen LogP contribution in [0.2, 0.25) is 10.0 Å². The highest BCUT2D eigenvalue weighted by molar-refractivity contribution is 6.45. The Kier molecular flexibility index (Phi) is 3.68. The summed E-state index contributed by atoms with van der Waals surface area (Å²) in [7, 11) is 1.54. The van der Waals surface area contributed by atoms with Crippen LogP contribution in [-0.2, 0) is 0 Å². The molecule has 0 spiro atoms. The summed E-state index contributed by atoms with van der Waals surface area (Å²) >= 11 is 12.5. The number of carbonyl (C=O) groups is 1. The zero-order valence-electron chi connectivity index (χ0n) is 11.7. The van der Waals surface area contributed by atoms with Crippen LogP contribution in [0, 0.1) is 5.92 Å². The maximum atomic E-state index is 12.6. The number of carbonyl (C=O) groups excluding carboxylic acids is 1. The van der Waals surface area contributed by atoms with Gasteiger partial charge in [0.25, 0.3) is 0 Å². The van der Waals surface area contributed by atoms with Gasteiger partial charge < -0.3 is 4.74 Å². The molecule has 0 saturated heterocycles. The van der Waals surface area contributed by atoms with Gasteiger partial charge in [-0.1, -0.05) is 60.5 Å². The number of halogens is 2. The summed E-state index contributed by atoms with van der Waals surface area (Å²) in [5.41, 5.74) is 2.52. The quantitative estimate of drug-likeness (QED) is 0.781. The fraction of sp³-hybridized carbons (Fsp3) is 0.235. The molecule has 0 N–H and O–H groups in total. The fourth-order valence-electron chi connectivity index (χ4n) is 3.04. The number of ketones is 1. The molecule has 1 aliphatic rings. The maximum Gasteiger partial charge on any atom is 0.168 e. The van der Waals surface area contributed by atoms with Crippen molar-refractivity contribution in [1.82, 2.24) is 0 Å². The van der Waals surface area contributed by atoms with Crippen molar-refractivity contribution in [2.45, 2.75) is 12.8 Å². The molecule has 0 aromatic heterocycles. The topological polar surface area (TPSA) is 26.3 Å². The van der Waals surface area contributed by atoms with Crippen molar-refractivity contribution in [3.8, 4) is 5.75 Å². The molecule has 0 fully saturated rings. The summed E-state index contributed by atoms with van der Waals surface area (Å²) in [5.74, 6) is 0.358. The summed E-state index contributed by atoms with van der Waals surface area (Å²) in [6.07, 6.45) is 0. The van der Waals surface area contributed by atoms with Crippen molar-refractivity contribution in [1.29, 1.82) is 0 Å². The normalized spacial score (nSPS) is 20.5. The first kappa shape index (κ1) is 14.4. The minimum absolute atomic E-state index is 0.0163. The lowest BCUT2D eigenvalue weighted by Crippen LogP contribution is -2.10. The van der Waals surface area contributed by atoms with Gasteiger partial charge >= 0.3 is 0 Å². The fourth-order valence-corrected chi connectivity index (χ4v) is 3.56. The highest BCUT2D eigenvalue weighted by atomic mass is 35.5. The van der Waals surface area contributed by atoms with Crippen LogP contribution in [0.25, 0.3) is 0 Å². The van der Waals surface area contributed by atoms with Crippen LogP contribution in [0.1, 0.15) is 34.3 Å². The number of benzene rings is 2. The summed E-state index contributed by atoms with van der Waals surface area (Å²) in [6, 6.07) is 11.8. The number of hydrogen-bond donors (Lipinski definition) is 0. The van der Waals surface area contributed by atoms with Crippen LogP contribution in [0.3, 0.4) is 0 Å². The molecular weight excluding hydrogens is 307 g/mol. The standard InChI is InChI=1S/C17H14Cl2O2/c1-9-13(10-6-4-3-5-7-10)11-8-12(21-2)15(18)16(19)14(11)17(9)20/h3-9,13H,1-2H3. The molecule has 21 heavy (non-hydrogen) atoms. The average Bonchev–Trinajstić information content (AvgIpc) is 2.75. The summed E-state index contributed by atoms with van der Waals surface area (Å²) in [6.45, 7) is 1.93. The largest absolute Gasteiger partial charge is 0.495 e. The number of Topliss-reactive ketones (excluding diaryl/α,β-unsaturated/α-hetero) is 1. The van der Waals surface area contributed by atoms with E-state index in [9.17, 15) is 4.79 Å². The first-order valence-corrected chi connectivity index (χ1v) is 7.47. The third-order valence-electron chi connectivity index (χ3n) is 4.08. The van der Waals surface area contributed by atoms with Gasteiger partial charge in [0.2, 0.25) is 0 Å². The first-order chi connectivity index (χ1) is 10.1. The lowest BCUT2D eigenvalue weighted by atomic mass is 9.87. The van der Waals surface area contributed by atoms with E-state index in [1.54, 1.807) is 7.11 Å². The molecule has 3 rings (SSSR count). The second kappa shape index (κ2) is 5.36. The van der Waals surface area contributed by atoms with Gasteiger partial charge in [0.05, 0.1) is 12.1 Å². The van der Waals surface area contributed by atoms with E-state index in [-0.39, 0.29) is 17.6 Å². The van der Waals surface area contributed by atoms with Crippen molar-refractivity contribution in [3.05, 3.63) is 63.1 Å².